The fourth-order valence-corrected chi connectivity index (χ4v) is 4.45. The highest BCUT2D eigenvalue weighted by molar-refractivity contribution is 7.92. The van der Waals surface area contributed by atoms with Crippen molar-refractivity contribution in [3.05, 3.63) is 57.8 Å². The van der Waals surface area contributed by atoms with Crippen molar-refractivity contribution in [2.75, 3.05) is 11.3 Å². The van der Waals surface area contributed by atoms with Crippen molar-refractivity contribution in [3.63, 3.8) is 0 Å². The molecule has 0 saturated carbocycles. The van der Waals surface area contributed by atoms with Crippen molar-refractivity contribution >= 4 is 55.9 Å². The van der Waals surface area contributed by atoms with Crippen LogP contribution in [0.1, 0.15) is 23.0 Å². The lowest BCUT2D eigenvalue weighted by Crippen LogP contribution is -2.13. The van der Waals surface area contributed by atoms with E-state index in [1.165, 1.54) is 30.3 Å². The summed E-state index contributed by atoms with van der Waals surface area (Å²) in [5.41, 5.74) is 0.942. The number of carbonyl (C=O) groups excluding carboxylic acids is 1. The lowest BCUT2D eigenvalue weighted by Gasteiger charge is -2.10. The van der Waals surface area contributed by atoms with Gasteiger partial charge in [0.15, 0.2) is 0 Å². The third-order valence-electron chi connectivity index (χ3n) is 3.78. The third-order valence-corrected chi connectivity index (χ3v) is 5.88. The molecule has 0 fully saturated rings. The number of rotatable bonds is 5. The van der Waals surface area contributed by atoms with Crippen LogP contribution < -0.4 is 4.72 Å². The second-order valence-electron chi connectivity index (χ2n) is 5.64. The van der Waals surface area contributed by atoms with Gasteiger partial charge in [0.25, 0.3) is 10.0 Å². The van der Waals surface area contributed by atoms with E-state index in [0.29, 0.717) is 16.7 Å². The Balaban J connectivity index is 2.04. The van der Waals surface area contributed by atoms with E-state index >= 15 is 0 Å². The minimum atomic E-state index is -3.98. The van der Waals surface area contributed by atoms with Crippen molar-refractivity contribution in [2.45, 2.75) is 18.7 Å². The molecule has 0 aliphatic heterocycles. The van der Waals surface area contributed by atoms with E-state index in [4.69, 9.17) is 32.4 Å². The van der Waals surface area contributed by atoms with E-state index in [-0.39, 0.29) is 32.8 Å². The quantitative estimate of drug-likeness (QED) is 0.577. The Morgan fingerprint density at radius 3 is 2.63 bits per heavy atom. The maximum absolute atomic E-state index is 12.7. The topological polar surface area (TPSA) is 85.6 Å². The number of carbonyl (C=O) groups is 1. The number of halogens is 2. The van der Waals surface area contributed by atoms with Gasteiger partial charge in [-0.1, -0.05) is 23.2 Å². The molecule has 6 nitrogen and oxygen atoms in total. The van der Waals surface area contributed by atoms with Crippen LogP contribution in [0.25, 0.3) is 11.0 Å². The molecule has 2 aromatic carbocycles. The van der Waals surface area contributed by atoms with Crippen molar-refractivity contribution in [1.29, 1.82) is 0 Å². The first-order valence-corrected chi connectivity index (χ1v) is 10.1. The average molecular weight is 428 g/mol. The molecular formula is C18H15Cl2NO5S. The molecule has 142 valence electrons. The Morgan fingerprint density at radius 1 is 1.19 bits per heavy atom. The molecule has 1 N–H and O–H groups in total. The first-order valence-electron chi connectivity index (χ1n) is 7.91. The maximum Gasteiger partial charge on any atom is 0.342 e. The Labute approximate surface area is 166 Å². The summed E-state index contributed by atoms with van der Waals surface area (Å²) in [5, 5.41) is 0.730. The smallest absolute Gasteiger partial charge is 0.342 e. The normalized spacial score (nSPS) is 11.6. The molecular weight excluding hydrogens is 413 g/mol. The number of ether oxygens (including phenoxy) is 1. The highest BCUT2D eigenvalue weighted by Gasteiger charge is 2.22. The molecule has 3 rings (SSSR count). The molecule has 0 radical (unpaired) electrons. The van der Waals surface area contributed by atoms with E-state index < -0.39 is 16.0 Å². The molecule has 9 heteroatoms. The molecule has 0 spiro atoms. The number of fused-ring (bicyclic) bond motifs is 1. The molecule has 0 unspecified atom stereocenters. The molecule has 0 bridgehead atoms. The Morgan fingerprint density at radius 2 is 1.93 bits per heavy atom. The van der Waals surface area contributed by atoms with Gasteiger partial charge in [0, 0.05) is 16.1 Å². The van der Waals surface area contributed by atoms with Crippen LogP contribution in [0.15, 0.2) is 45.7 Å². The van der Waals surface area contributed by atoms with Gasteiger partial charge in [-0.05, 0) is 50.2 Å². The lowest BCUT2D eigenvalue weighted by molar-refractivity contribution is 0.0526. The summed E-state index contributed by atoms with van der Waals surface area (Å²) < 4.78 is 38.4. The Bertz CT molecular complexity index is 1140. The monoisotopic (exact) mass is 427 g/mol. The van der Waals surface area contributed by atoms with Crippen LogP contribution in [-0.4, -0.2) is 21.0 Å². The van der Waals surface area contributed by atoms with E-state index in [1.807, 2.05) is 0 Å². The van der Waals surface area contributed by atoms with Crippen LogP contribution >= 0.6 is 23.2 Å². The number of anilines is 1. The maximum atomic E-state index is 12.7. The van der Waals surface area contributed by atoms with Crippen molar-refractivity contribution in [3.8, 4) is 0 Å². The predicted octanol–water partition coefficient (Wildman–Crippen LogP) is 5.03. The first-order chi connectivity index (χ1) is 12.7. The number of hydrogen-bond donors (Lipinski definition) is 1. The van der Waals surface area contributed by atoms with E-state index in [9.17, 15) is 13.2 Å². The van der Waals surface area contributed by atoms with Gasteiger partial charge in [0.05, 0.1) is 11.6 Å². The van der Waals surface area contributed by atoms with Gasteiger partial charge >= 0.3 is 5.97 Å². The molecule has 0 aliphatic rings. The summed E-state index contributed by atoms with van der Waals surface area (Å²) in [6, 6.07) is 8.76. The van der Waals surface area contributed by atoms with Crippen molar-refractivity contribution in [1.82, 2.24) is 0 Å². The first kappa shape index (κ1) is 19.5. The van der Waals surface area contributed by atoms with Crippen LogP contribution in [0.2, 0.25) is 10.0 Å². The zero-order valence-electron chi connectivity index (χ0n) is 14.4. The summed E-state index contributed by atoms with van der Waals surface area (Å²) in [4.78, 5) is 12.0. The molecule has 1 heterocycles. The van der Waals surface area contributed by atoms with Crippen LogP contribution in [0.4, 0.5) is 5.69 Å². The summed E-state index contributed by atoms with van der Waals surface area (Å²) in [7, 11) is -3.98. The second kappa shape index (κ2) is 7.42. The second-order valence-corrected chi connectivity index (χ2v) is 8.14. The fourth-order valence-electron chi connectivity index (χ4n) is 2.63. The molecule has 0 aliphatic carbocycles. The summed E-state index contributed by atoms with van der Waals surface area (Å²) in [6.07, 6.45) is 0. The summed E-state index contributed by atoms with van der Waals surface area (Å²) >= 11 is 11.9. The van der Waals surface area contributed by atoms with Crippen LogP contribution in [0, 0.1) is 6.92 Å². The van der Waals surface area contributed by atoms with Crippen molar-refractivity contribution < 1.29 is 22.4 Å². The highest BCUT2D eigenvalue weighted by atomic mass is 35.5. The molecule has 0 saturated heterocycles. The van der Waals surface area contributed by atoms with Crippen LogP contribution in [0.5, 0.6) is 0 Å². The van der Waals surface area contributed by atoms with E-state index in [2.05, 4.69) is 4.72 Å². The Kier molecular flexibility index (Phi) is 5.37. The van der Waals surface area contributed by atoms with Gasteiger partial charge in [0.1, 0.15) is 21.8 Å². The number of hydrogen-bond acceptors (Lipinski definition) is 5. The standard InChI is InChI=1S/C18H15Cl2NO5S/c1-3-25-18(22)17-10(2)26-15-7-5-12(9-13(15)17)21-27(23,24)16-8-11(19)4-6-14(16)20/h4-9,21H,3H2,1-2H3. The van der Waals surface area contributed by atoms with Gasteiger partial charge in [-0.25, -0.2) is 13.2 Å². The predicted molar refractivity (Wildman–Crippen MR) is 104 cm³/mol. The lowest BCUT2D eigenvalue weighted by atomic mass is 10.1. The molecule has 0 amide bonds. The van der Waals surface area contributed by atoms with Gasteiger partial charge in [-0.2, -0.15) is 0 Å². The van der Waals surface area contributed by atoms with Gasteiger partial charge in [-0.3, -0.25) is 4.72 Å². The van der Waals surface area contributed by atoms with Gasteiger partial charge in [0.2, 0.25) is 0 Å². The average Bonchev–Trinajstić information content (AvgIpc) is 2.92. The molecule has 3 aromatic rings. The van der Waals surface area contributed by atoms with Crippen LogP contribution in [0.3, 0.4) is 0 Å². The third kappa shape index (κ3) is 3.90. The van der Waals surface area contributed by atoms with E-state index in [1.54, 1.807) is 19.9 Å². The zero-order chi connectivity index (χ0) is 19.8. The SMILES string of the molecule is CCOC(=O)c1c(C)oc2ccc(NS(=O)(=O)c3cc(Cl)ccc3Cl)cc12. The molecule has 27 heavy (non-hydrogen) atoms. The summed E-state index contributed by atoms with van der Waals surface area (Å²) in [5.74, 6) is -0.145. The number of sulfonamides is 1. The number of aryl methyl sites for hydroxylation is 1. The summed E-state index contributed by atoms with van der Waals surface area (Å²) in [6.45, 7) is 3.55. The van der Waals surface area contributed by atoms with Crippen molar-refractivity contribution in [2.24, 2.45) is 0 Å². The Hall–Kier alpha value is -2.22. The van der Waals surface area contributed by atoms with Crippen LogP contribution in [-0.2, 0) is 14.8 Å². The van der Waals surface area contributed by atoms with E-state index in [0.717, 1.165) is 0 Å². The minimum absolute atomic E-state index is 0.0411. The number of esters is 1. The highest BCUT2D eigenvalue weighted by Crippen LogP contribution is 2.31. The number of benzene rings is 2. The zero-order valence-corrected chi connectivity index (χ0v) is 16.7. The minimum Gasteiger partial charge on any atom is -0.462 e. The largest absolute Gasteiger partial charge is 0.462 e. The fraction of sp³-hybridized carbons (Fsp3) is 0.167. The number of nitrogens with one attached hydrogen (secondary N) is 1. The van der Waals surface area contributed by atoms with Gasteiger partial charge < -0.3 is 9.15 Å². The number of furan rings is 1. The molecule has 0 atom stereocenters. The molecule has 1 aromatic heterocycles. The van der Waals surface area contributed by atoms with Gasteiger partial charge in [-0.15, -0.1) is 0 Å².